The van der Waals surface area contributed by atoms with E-state index < -0.39 is 23.9 Å². The first-order valence-corrected chi connectivity index (χ1v) is 7.18. The summed E-state index contributed by atoms with van der Waals surface area (Å²) in [4.78, 5) is 45.6. The summed E-state index contributed by atoms with van der Waals surface area (Å²) in [5.41, 5.74) is 0.251. The summed E-state index contributed by atoms with van der Waals surface area (Å²) in [5.74, 6) is -2.11. The maximum absolute atomic E-state index is 12.0. The zero-order chi connectivity index (χ0) is 18.4. The predicted octanol–water partition coefficient (Wildman–Crippen LogP) is 2.53. The summed E-state index contributed by atoms with van der Waals surface area (Å²) in [7, 11) is 0. The van der Waals surface area contributed by atoms with E-state index in [1.54, 1.807) is 0 Å². The molecule has 2 aromatic rings. The molecule has 0 aliphatic heterocycles. The van der Waals surface area contributed by atoms with Crippen LogP contribution in [0.4, 0.5) is 0 Å². The number of benzene rings is 2. The largest absolute Gasteiger partial charge is 0.427 e. The number of ether oxygens (including phenoxy) is 3. The molecule has 0 bridgehead atoms. The van der Waals surface area contributed by atoms with Crippen LogP contribution in [0, 0.1) is 0 Å². The minimum atomic E-state index is -0.844. The smallest absolute Gasteiger partial charge is 0.346 e. The fourth-order valence-corrected chi connectivity index (χ4v) is 1.85. The fraction of sp³-hybridized carbons (Fsp3) is 0.111. The van der Waals surface area contributed by atoms with Gasteiger partial charge in [-0.05, 0) is 48.5 Å². The molecule has 0 fully saturated rings. The first kappa shape index (κ1) is 17.9. The average Bonchev–Trinajstić information content (AvgIpc) is 2.55. The average molecular weight is 342 g/mol. The summed E-state index contributed by atoms with van der Waals surface area (Å²) in [6, 6.07) is 11.1. The molecular formula is C18H14O7. The van der Waals surface area contributed by atoms with Crippen LogP contribution in [-0.4, -0.2) is 23.9 Å². The molecule has 0 spiro atoms. The van der Waals surface area contributed by atoms with E-state index in [-0.39, 0.29) is 22.6 Å². The summed E-state index contributed by atoms with van der Waals surface area (Å²) in [6.07, 6.45) is 0. The lowest BCUT2D eigenvalue weighted by Crippen LogP contribution is -2.13. The van der Waals surface area contributed by atoms with Gasteiger partial charge in [-0.15, -0.1) is 0 Å². The number of hydrogen-bond donors (Lipinski definition) is 0. The summed E-state index contributed by atoms with van der Waals surface area (Å²) >= 11 is 0. The lowest BCUT2D eigenvalue weighted by molar-refractivity contribution is -0.132. The van der Waals surface area contributed by atoms with Crippen molar-refractivity contribution in [1.82, 2.24) is 0 Å². The van der Waals surface area contributed by atoms with Gasteiger partial charge in [0.25, 0.3) is 0 Å². The highest BCUT2D eigenvalue weighted by atomic mass is 16.6. The Morgan fingerprint density at radius 2 is 0.920 bits per heavy atom. The second-order valence-electron chi connectivity index (χ2n) is 4.91. The van der Waals surface area contributed by atoms with Crippen LogP contribution in [0.25, 0.3) is 0 Å². The van der Waals surface area contributed by atoms with Crippen LogP contribution in [0.2, 0.25) is 0 Å². The molecule has 0 saturated carbocycles. The van der Waals surface area contributed by atoms with E-state index in [1.165, 1.54) is 62.4 Å². The van der Waals surface area contributed by atoms with E-state index in [0.29, 0.717) is 0 Å². The first-order chi connectivity index (χ1) is 11.8. The molecule has 7 nitrogen and oxygen atoms in total. The minimum Gasteiger partial charge on any atom is -0.427 e. The Labute approximate surface area is 143 Å². The molecule has 0 aromatic heterocycles. The van der Waals surface area contributed by atoms with Gasteiger partial charge in [0.1, 0.15) is 11.5 Å². The normalized spacial score (nSPS) is 9.84. The highest BCUT2D eigenvalue weighted by Gasteiger charge is 2.15. The topological polar surface area (TPSA) is 96.0 Å². The lowest BCUT2D eigenvalue weighted by atomic mass is 10.2. The van der Waals surface area contributed by atoms with Crippen LogP contribution in [0.1, 0.15) is 34.6 Å². The molecule has 0 radical (unpaired) electrons. The predicted molar refractivity (Wildman–Crippen MR) is 85.2 cm³/mol. The molecule has 0 heterocycles. The van der Waals surface area contributed by atoms with E-state index in [1.807, 2.05) is 0 Å². The highest BCUT2D eigenvalue weighted by Crippen LogP contribution is 2.16. The molecule has 2 rings (SSSR count). The molecule has 25 heavy (non-hydrogen) atoms. The maximum atomic E-state index is 12.0. The van der Waals surface area contributed by atoms with Gasteiger partial charge in [0.05, 0.1) is 11.1 Å². The minimum absolute atomic E-state index is 0.126. The Kier molecular flexibility index (Phi) is 5.62. The SMILES string of the molecule is CC(=O)Oc1ccc(C(=O)OC(=O)c2ccc(OC(C)=O)cc2)cc1. The monoisotopic (exact) mass is 342 g/mol. The molecular weight excluding hydrogens is 328 g/mol. The molecule has 0 aliphatic carbocycles. The summed E-state index contributed by atoms with van der Waals surface area (Å²) in [5, 5.41) is 0. The van der Waals surface area contributed by atoms with Gasteiger partial charge >= 0.3 is 23.9 Å². The third kappa shape index (κ3) is 5.28. The zero-order valence-electron chi connectivity index (χ0n) is 13.5. The third-order valence-corrected chi connectivity index (χ3v) is 2.89. The Hall–Kier alpha value is -3.48. The lowest BCUT2D eigenvalue weighted by Gasteiger charge is -2.05. The summed E-state index contributed by atoms with van der Waals surface area (Å²) in [6.45, 7) is 2.52. The molecule has 0 amide bonds. The van der Waals surface area contributed by atoms with Crippen molar-refractivity contribution in [3.8, 4) is 11.5 Å². The van der Waals surface area contributed by atoms with E-state index in [9.17, 15) is 19.2 Å². The van der Waals surface area contributed by atoms with Crippen LogP contribution in [0.5, 0.6) is 11.5 Å². The number of esters is 4. The quantitative estimate of drug-likeness (QED) is 0.478. The van der Waals surface area contributed by atoms with E-state index in [4.69, 9.17) is 14.2 Å². The Balaban J connectivity index is 2.00. The van der Waals surface area contributed by atoms with Crippen molar-refractivity contribution in [1.29, 1.82) is 0 Å². The van der Waals surface area contributed by atoms with E-state index in [2.05, 4.69) is 0 Å². The van der Waals surface area contributed by atoms with Gasteiger partial charge in [-0.2, -0.15) is 0 Å². The van der Waals surface area contributed by atoms with Gasteiger partial charge in [0.2, 0.25) is 0 Å². The van der Waals surface area contributed by atoms with Gasteiger partial charge in [0, 0.05) is 13.8 Å². The zero-order valence-corrected chi connectivity index (χ0v) is 13.5. The van der Waals surface area contributed by atoms with Crippen LogP contribution in [0.15, 0.2) is 48.5 Å². The molecule has 7 heteroatoms. The van der Waals surface area contributed by atoms with Crippen molar-refractivity contribution >= 4 is 23.9 Å². The van der Waals surface area contributed by atoms with Crippen molar-refractivity contribution in [3.05, 3.63) is 59.7 Å². The fourth-order valence-electron chi connectivity index (χ4n) is 1.85. The maximum Gasteiger partial charge on any atom is 0.346 e. The molecule has 128 valence electrons. The van der Waals surface area contributed by atoms with Crippen LogP contribution in [-0.2, 0) is 14.3 Å². The first-order valence-electron chi connectivity index (χ1n) is 7.18. The van der Waals surface area contributed by atoms with Crippen molar-refractivity contribution in [2.45, 2.75) is 13.8 Å². The Morgan fingerprint density at radius 3 is 1.20 bits per heavy atom. The Morgan fingerprint density at radius 1 is 0.600 bits per heavy atom. The third-order valence-electron chi connectivity index (χ3n) is 2.89. The van der Waals surface area contributed by atoms with Crippen LogP contribution < -0.4 is 9.47 Å². The van der Waals surface area contributed by atoms with Gasteiger partial charge in [-0.25, -0.2) is 9.59 Å². The van der Waals surface area contributed by atoms with Gasteiger partial charge in [-0.1, -0.05) is 0 Å². The molecule has 0 N–H and O–H groups in total. The Bertz CT molecular complexity index is 735. The van der Waals surface area contributed by atoms with Crippen molar-refractivity contribution in [2.24, 2.45) is 0 Å². The standard InChI is InChI=1S/C18H14O7/c1-11(19)23-15-7-3-13(4-8-15)17(21)25-18(22)14-5-9-16(10-6-14)24-12(2)20/h3-10H,1-2H3. The molecule has 0 unspecified atom stereocenters. The summed E-state index contributed by atoms with van der Waals surface area (Å²) < 4.78 is 14.5. The van der Waals surface area contributed by atoms with Gasteiger partial charge in [-0.3, -0.25) is 9.59 Å². The number of carbonyl (C=O) groups excluding carboxylic acids is 4. The number of carbonyl (C=O) groups is 4. The van der Waals surface area contributed by atoms with Crippen molar-refractivity contribution in [3.63, 3.8) is 0 Å². The second-order valence-corrected chi connectivity index (χ2v) is 4.91. The van der Waals surface area contributed by atoms with Crippen molar-refractivity contribution in [2.75, 3.05) is 0 Å². The molecule has 0 saturated heterocycles. The second kappa shape index (κ2) is 7.87. The van der Waals surface area contributed by atoms with Gasteiger partial charge < -0.3 is 14.2 Å². The van der Waals surface area contributed by atoms with Crippen molar-refractivity contribution < 1.29 is 33.4 Å². The van der Waals surface area contributed by atoms with Gasteiger partial charge in [0.15, 0.2) is 0 Å². The van der Waals surface area contributed by atoms with Crippen LogP contribution in [0.3, 0.4) is 0 Å². The number of hydrogen-bond acceptors (Lipinski definition) is 7. The van der Waals surface area contributed by atoms with E-state index >= 15 is 0 Å². The highest BCUT2D eigenvalue weighted by molar-refractivity contribution is 6.02. The van der Waals surface area contributed by atoms with Crippen LogP contribution >= 0.6 is 0 Å². The number of rotatable bonds is 4. The molecule has 0 atom stereocenters. The molecule has 2 aromatic carbocycles. The molecule has 0 aliphatic rings. The van der Waals surface area contributed by atoms with E-state index in [0.717, 1.165) is 0 Å².